The lowest BCUT2D eigenvalue weighted by Gasteiger charge is -2.11. The predicted molar refractivity (Wildman–Crippen MR) is 80.0 cm³/mol. The summed E-state index contributed by atoms with van der Waals surface area (Å²) < 4.78 is 25.1. The summed E-state index contributed by atoms with van der Waals surface area (Å²) in [5.74, 6) is 0.000556. The lowest BCUT2D eigenvalue weighted by Crippen LogP contribution is -2.23. The third kappa shape index (κ3) is 3.20. The first kappa shape index (κ1) is 15.0. The Labute approximate surface area is 119 Å². The summed E-state index contributed by atoms with van der Waals surface area (Å²) >= 11 is 0. The smallest absolute Gasteiger partial charge is 0.217 e. The largest absolute Gasteiger partial charge is 0.396 e. The second-order valence-corrected chi connectivity index (χ2v) is 7.24. The van der Waals surface area contributed by atoms with Crippen LogP contribution in [0.15, 0.2) is 24.4 Å². The molecule has 0 aliphatic rings. The van der Waals surface area contributed by atoms with E-state index in [2.05, 4.69) is 4.98 Å². The minimum Gasteiger partial charge on any atom is -0.396 e. The maximum absolute atomic E-state index is 11.9. The molecule has 2 rings (SSSR count). The molecule has 1 heterocycles. The normalized spacial score (nSPS) is 12.4. The van der Waals surface area contributed by atoms with Crippen molar-refractivity contribution in [2.75, 3.05) is 20.7 Å². The third-order valence-corrected chi connectivity index (χ3v) is 5.15. The quantitative estimate of drug-likeness (QED) is 0.848. The summed E-state index contributed by atoms with van der Waals surface area (Å²) in [5, 5.41) is 9.94. The highest BCUT2D eigenvalue weighted by molar-refractivity contribution is 7.88. The molecule has 6 heteroatoms. The van der Waals surface area contributed by atoms with Crippen LogP contribution in [0.3, 0.4) is 0 Å². The van der Waals surface area contributed by atoms with Crippen molar-refractivity contribution in [3.63, 3.8) is 0 Å². The van der Waals surface area contributed by atoms with E-state index in [1.807, 2.05) is 24.4 Å². The van der Waals surface area contributed by atoms with Gasteiger partial charge in [-0.2, -0.15) is 0 Å². The van der Waals surface area contributed by atoms with Crippen LogP contribution >= 0.6 is 0 Å². The number of aromatic nitrogens is 1. The summed E-state index contributed by atoms with van der Waals surface area (Å²) in [6.45, 7) is 0.154. The molecule has 1 aromatic heterocycles. The molecule has 0 radical (unpaired) electrons. The molecule has 2 N–H and O–H groups in total. The van der Waals surface area contributed by atoms with Crippen molar-refractivity contribution in [3.8, 4) is 0 Å². The van der Waals surface area contributed by atoms with Crippen LogP contribution in [-0.4, -0.2) is 43.5 Å². The molecule has 0 unspecified atom stereocenters. The number of aryl methyl sites for hydroxylation is 1. The first-order valence-electron chi connectivity index (χ1n) is 6.54. The number of benzene rings is 1. The molecular weight excluding hydrogens is 276 g/mol. The van der Waals surface area contributed by atoms with Crippen LogP contribution in [0, 0.1) is 0 Å². The van der Waals surface area contributed by atoms with Crippen LogP contribution in [0.25, 0.3) is 10.9 Å². The van der Waals surface area contributed by atoms with Crippen molar-refractivity contribution in [2.24, 2.45) is 0 Å². The zero-order chi connectivity index (χ0) is 14.8. The van der Waals surface area contributed by atoms with Gasteiger partial charge in [0.15, 0.2) is 0 Å². The highest BCUT2D eigenvalue weighted by Gasteiger charge is 2.15. The Balaban J connectivity index is 2.32. The van der Waals surface area contributed by atoms with Crippen LogP contribution in [0.4, 0.5) is 0 Å². The van der Waals surface area contributed by atoms with E-state index in [0.717, 1.165) is 28.5 Å². The van der Waals surface area contributed by atoms with Crippen molar-refractivity contribution >= 4 is 20.9 Å². The van der Waals surface area contributed by atoms with Gasteiger partial charge in [0.05, 0.1) is 5.75 Å². The number of rotatable bonds is 6. The summed E-state index contributed by atoms with van der Waals surface area (Å²) in [6, 6.07) is 5.65. The highest BCUT2D eigenvalue weighted by Crippen LogP contribution is 2.22. The van der Waals surface area contributed by atoms with E-state index in [4.69, 9.17) is 5.11 Å². The maximum Gasteiger partial charge on any atom is 0.217 e. The van der Waals surface area contributed by atoms with E-state index >= 15 is 0 Å². The zero-order valence-corrected chi connectivity index (χ0v) is 12.6. The lowest BCUT2D eigenvalue weighted by molar-refractivity contribution is 0.289. The van der Waals surface area contributed by atoms with Gasteiger partial charge in [-0.1, -0.05) is 6.07 Å². The number of fused-ring (bicyclic) bond motifs is 1. The zero-order valence-electron chi connectivity index (χ0n) is 11.8. The number of hydrogen-bond donors (Lipinski definition) is 2. The van der Waals surface area contributed by atoms with E-state index in [-0.39, 0.29) is 12.4 Å². The van der Waals surface area contributed by atoms with Gasteiger partial charge in [-0.05, 0) is 36.1 Å². The van der Waals surface area contributed by atoms with Crippen LogP contribution in [0.2, 0.25) is 0 Å². The van der Waals surface area contributed by atoms with Crippen molar-refractivity contribution in [3.05, 3.63) is 35.5 Å². The Morgan fingerprint density at radius 2 is 2.05 bits per heavy atom. The Hall–Kier alpha value is -1.37. The first-order valence-corrected chi connectivity index (χ1v) is 8.15. The topological polar surface area (TPSA) is 73.4 Å². The van der Waals surface area contributed by atoms with Gasteiger partial charge in [0, 0.05) is 37.8 Å². The molecular formula is C14H20N2O3S. The number of aliphatic hydroxyl groups excluding tert-OH is 1. The van der Waals surface area contributed by atoms with Gasteiger partial charge in [-0.15, -0.1) is 0 Å². The number of hydrogen-bond acceptors (Lipinski definition) is 3. The van der Waals surface area contributed by atoms with Crippen molar-refractivity contribution in [1.82, 2.24) is 9.29 Å². The SMILES string of the molecule is CN(C)S(=O)(=O)Cc1ccc2[nH]cc(CCCO)c2c1. The molecule has 110 valence electrons. The van der Waals surface area contributed by atoms with Crippen molar-refractivity contribution in [2.45, 2.75) is 18.6 Å². The van der Waals surface area contributed by atoms with E-state index < -0.39 is 10.0 Å². The summed E-state index contributed by atoms with van der Waals surface area (Å²) in [7, 11) is -0.173. The molecule has 0 fully saturated rings. The van der Waals surface area contributed by atoms with Crippen molar-refractivity contribution < 1.29 is 13.5 Å². The summed E-state index contributed by atoms with van der Waals surface area (Å²) in [4.78, 5) is 3.17. The fourth-order valence-electron chi connectivity index (χ4n) is 2.13. The summed E-state index contributed by atoms with van der Waals surface area (Å²) in [6.07, 6.45) is 3.40. The number of aliphatic hydroxyl groups is 1. The number of nitrogens with zero attached hydrogens (tertiary/aromatic N) is 1. The first-order chi connectivity index (χ1) is 9.44. The van der Waals surface area contributed by atoms with E-state index in [9.17, 15) is 8.42 Å². The summed E-state index contributed by atoms with van der Waals surface area (Å²) in [5.41, 5.74) is 2.87. The Morgan fingerprint density at radius 1 is 1.30 bits per heavy atom. The average molecular weight is 296 g/mol. The minimum absolute atomic E-state index is 0.000556. The standard InChI is InChI=1S/C14H20N2O3S/c1-16(2)20(18,19)10-11-5-6-14-13(8-11)12(9-15-14)4-3-7-17/h5-6,8-9,15,17H,3-4,7,10H2,1-2H3. The molecule has 0 atom stereocenters. The molecule has 0 amide bonds. The minimum atomic E-state index is -3.25. The van der Waals surface area contributed by atoms with Gasteiger partial charge in [-0.3, -0.25) is 0 Å². The molecule has 1 aromatic carbocycles. The fraction of sp³-hybridized carbons (Fsp3) is 0.429. The van der Waals surface area contributed by atoms with E-state index in [0.29, 0.717) is 6.42 Å². The molecule has 0 aliphatic carbocycles. The lowest BCUT2D eigenvalue weighted by atomic mass is 10.1. The van der Waals surface area contributed by atoms with Gasteiger partial charge in [0.2, 0.25) is 10.0 Å². The third-order valence-electron chi connectivity index (χ3n) is 3.34. The second-order valence-electron chi connectivity index (χ2n) is 5.06. The van der Waals surface area contributed by atoms with Crippen LogP contribution in [0.5, 0.6) is 0 Å². The Morgan fingerprint density at radius 3 is 2.70 bits per heavy atom. The second kappa shape index (κ2) is 5.95. The van der Waals surface area contributed by atoms with Crippen LogP contribution in [0.1, 0.15) is 17.5 Å². The molecule has 0 saturated heterocycles. The molecule has 0 aliphatic heterocycles. The molecule has 0 bridgehead atoms. The molecule has 0 saturated carbocycles. The molecule has 0 spiro atoms. The van der Waals surface area contributed by atoms with Gasteiger partial charge in [0.25, 0.3) is 0 Å². The van der Waals surface area contributed by atoms with E-state index in [1.165, 1.54) is 18.4 Å². The van der Waals surface area contributed by atoms with Gasteiger partial charge < -0.3 is 10.1 Å². The predicted octanol–water partition coefficient (Wildman–Crippen LogP) is 1.48. The van der Waals surface area contributed by atoms with Crippen LogP contribution in [-0.2, 0) is 22.2 Å². The molecule has 2 aromatic rings. The average Bonchev–Trinajstić information content (AvgIpc) is 2.78. The van der Waals surface area contributed by atoms with Crippen LogP contribution < -0.4 is 0 Å². The highest BCUT2D eigenvalue weighted by atomic mass is 32.2. The number of sulfonamides is 1. The van der Waals surface area contributed by atoms with Gasteiger partial charge in [0.1, 0.15) is 0 Å². The number of aromatic amines is 1. The van der Waals surface area contributed by atoms with Crippen molar-refractivity contribution in [1.29, 1.82) is 0 Å². The van der Waals surface area contributed by atoms with E-state index in [1.54, 1.807) is 0 Å². The monoisotopic (exact) mass is 296 g/mol. The number of nitrogens with one attached hydrogen (secondary N) is 1. The maximum atomic E-state index is 11.9. The van der Waals surface area contributed by atoms with Gasteiger partial charge >= 0.3 is 0 Å². The molecule has 5 nitrogen and oxygen atoms in total. The number of H-pyrrole nitrogens is 1. The Bertz CT molecular complexity index is 690. The van der Waals surface area contributed by atoms with Gasteiger partial charge in [-0.25, -0.2) is 12.7 Å². The molecule has 20 heavy (non-hydrogen) atoms. The fourth-order valence-corrected chi connectivity index (χ4v) is 2.99. The Kier molecular flexibility index (Phi) is 4.47.